The van der Waals surface area contributed by atoms with Gasteiger partial charge in [0.2, 0.25) is 6.71 Å². The minimum Gasteiger partial charge on any atom is -0.456 e. The Labute approximate surface area is 383 Å². The predicted molar refractivity (Wildman–Crippen MR) is 274 cm³/mol. The first-order valence-corrected chi connectivity index (χ1v) is 22.2. The summed E-state index contributed by atoms with van der Waals surface area (Å²) in [6, 6.07) is 78.3. The molecule has 308 valence electrons. The fraction of sp³-hybridized carbons (Fsp3) is 0. The molecule has 11 aromatic carbocycles. The molecular formula is C61H38BFN2O. The van der Waals surface area contributed by atoms with Gasteiger partial charge in [0, 0.05) is 34.1 Å². The lowest BCUT2D eigenvalue weighted by atomic mass is 9.35. The average Bonchev–Trinajstić information content (AvgIpc) is 3.38. The third-order valence-corrected chi connectivity index (χ3v) is 13.0. The Bertz CT molecular complexity index is 3650. The van der Waals surface area contributed by atoms with Gasteiger partial charge >= 0.3 is 0 Å². The van der Waals surface area contributed by atoms with E-state index in [-0.39, 0.29) is 5.82 Å². The molecule has 0 fully saturated rings. The normalized spacial score (nSPS) is 11.5. The van der Waals surface area contributed by atoms with Crippen molar-refractivity contribution in [3.05, 3.63) is 248 Å². The molecule has 3 nitrogen and oxygen atoms in total. The van der Waals surface area contributed by atoms with Crippen LogP contribution in [0.15, 0.2) is 231 Å². The summed E-state index contributed by atoms with van der Waals surface area (Å²) in [5, 5.41) is 6.35. The van der Waals surface area contributed by atoms with Gasteiger partial charge in [0.1, 0.15) is 17.3 Å². The zero-order chi connectivity index (χ0) is 44.1. The third-order valence-electron chi connectivity index (χ3n) is 13.0. The van der Waals surface area contributed by atoms with Crippen LogP contribution in [0.3, 0.4) is 0 Å². The molecule has 0 amide bonds. The highest BCUT2D eigenvalue weighted by molar-refractivity contribution is 6.98. The summed E-state index contributed by atoms with van der Waals surface area (Å²) in [7, 11) is 0. The third kappa shape index (κ3) is 6.59. The Hall–Kier alpha value is -8.72. The quantitative estimate of drug-likeness (QED) is 0.0861. The number of anilines is 3. The fourth-order valence-electron chi connectivity index (χ4n) is 10.1. The molecule has 5 heteroatoms. The Balaban J connectivity index is 1.10. The van der Waals surface area contributed by atoms with Gasteiger partial charge in [-0.3, -0.25) is 0 Å². The SMILES string of the molecule is [C-]#[N+]c1ccc(B(c2c(F)cc(-c3ccccc3)cc2-c2ccccc2)c2cc3c4cccc5c4c(cc3c3ccccc23)-c2ccc(N(c3ccccc3)c3ccccc3)cc2O5)cc1. The van der Waals surface area contributed by atoms with E-state index in [1.807, 2.05) is 84.9 Å². The molecule has 1 heterocycles. The number of hydrogen-bond donors (Lipinski definition) is 0. The van der Waals surface area contributed by atoms with Gasteiger partial charge in [0.15, 0.2) is 5.69 Å². The molecule has 1 aliphatic heterocycles. The van der Waals surface area contributed by atoms with Gasteiger partial charge in [0.05, 0.1) is 6.57 Å². The standard InChI is InChI=1S/C61H38BFN2O/c1-64-44-31-29-43(30-32-44)62(61-52(41-19-8-3-9-20-41)35-42(36-57(61)63)40-17-6-2-7-18-40)56-39-54-51-27-16-28-58-60(51)55(38-53(54)48-25-14-15-26-49(48)56)50-34-33-47(37-59(50)66-58)65(45-21-10-4-11-22-45)46-23-12-5-13-24-46/h2-39H. The predicted octanol–water partition coefficient (Wildman–Crippen LogP) is 14.9. The molecule has 0 N–H and O–H groups in total. The van der Waals surface area contributed by atoms with Gasteiger partial charge in [-0.25, -0.2) is 9.24 Å². The van der Waals surface area contributed by atoms with Crippen LogP contribution in [0.4, 0.5) is 27.1 Å². The second-order valence-corrected chi connectivity index (χ2v) is 16.8. The number of ether oxygens (including phenoxy) is 1. The van der Waals surface area contributed by atoms with Crippen LogP contribution in [-0.2, 0) is 0 Å². The van der Waals surface area contributed by atoms with Crippen molar-refractivity contribution in [1.82, 2.24) is 0 Å². The highest BCUT2D eigenvalue weighted by Gasteiger charge is 2.32. The maximum absolute atomic E-state index is 17.7. The minimum atomic E-state index is -0.544. The van der Waals surface area contributed by atoms with E-state index in [0.29, 0.717) is 11.2 Å². The highest BCUT2D eigenvalue weighted by Crippen LogP contribution is 2.51. The molecule has 0 aliphatic carbocycles. The summed E-state index contributed by atoms with van der Waals surface area (Å²) in [5.74, 6) is 1.28. The lowest BCUT2D eigenvalue weighted by Gasteiger charge is -2.28. The zero-order valence-electron chi connectivity index (χ0n) is 35.7. The van der Waals surface area contributed by atoms with Crippen LogP contribution >= 0.6 is 0 Å². The second kappa shape index (κ2) is 16.1. The van der Waals surface area contributed by atoms with Gasteiger partial charge in [0.25, 0.3) is 0 Å². The maximum atomic E-state index is 17.7. The summed E-state index contributed by atoms with van der Waals surface area (Å²) in [6.45, 7) is 7.22. The van der Waals surface area contributed by atoms with Crippen molar-refractivity contribution >= 4 is 78.2 Å². The van der Waals surface area contributed by atoms with Crippen LogP contribution in [0, 0.1) is 12.4 Å². The van der Waals surface area contributed by atoms with E-state index in [4.69, 9.17) is 11.3 Å². The van der Waals surface area contributed by atoms with Crippen molar-refractivity contribution in [2.45, 2.75) is 0 Å². The number of nitrogens with zero attached hydrogens (tertiary/aromatic N) is 2. The number of benzene rings is 11. The monoisotopic (exact) mass is 844 g/mol. The largest absolute Gasteiger partial charge is 0.456 e. The fourth-order valence-corrected chi connectivity index (χ4v) is 10.1. The number of hydrogen-bond acceptors (Lipinski definition) is 2. The van der Waals surface area contributed by atoms with Crippen molar-refractivity contribution in [1.29, 1.82) is 0 Å². The van der Waals surface area contributed by atoms with E-state index < -0.39 is 6.71 Å². The summed E-state index contributed by atoms with van der Waals surface area (Å²) in [6.07, 6.45) is 0. The molecule has 0 spiro atoms. The average molecular weight is 845 g/mol. The van der Waals surface area contributed by atoms with Crippen LogP contribution in [0.25, 0.3) is 70.5 Å². The highest BCUT2D eigenvalue weighted by atomic mass is 19.1. The van der Waals surface area contributed by atoms with Gasteiger partial charge in [-0.2, -0.15) is 0 Å². The lowest BCUT2D eigenvalue weighted by molar-refractivity contribution is 0.487. The number of halogens is 1. The van der Waals surface area contributed by atoms with Crippen molar-refractivity contribution in [3.63, 3.8) is 0 Å². The summed E-state index contributed by atoms with van der Waals surface area (Å²) in [5.41, 5.74) is 11.7. The van der Waals surface area contributed by atoms with Crippen LogP contribution < -0.4 is 26.0 Å². The zero-order valence-corrected chi connectivity index (χ0v) is 35.7. The Morgan fingerprint density at radius 2 is 1.03 bits per heavy atom. The first-order chi connectivity index (χ1) is 32.6. The summed E-state index contributed by atoms with van der Waals surface area (Å²) >= 11 is 0. The topological polar surface area (TPSA) is 16.8 Å². The molecular weight excluding hydrogens is 806 g/mol. The molecule has 0 bridgehead atoms. The van der Waals surface area contributed by atoms with Gasteiger partial charge < -0.3 is 9.64 Å². The van der Waals surface area contributed by atoms with E-state index in [1.165, 1.54) is 0 Å². The molecule has 1 aliphatic rings. The summed E-state index contributed by atoms with van der Waals surface area (Å²) < 4.78 is 24.6. The van der Waals surface area contributed by atoms with E-state index >= 15 is 4.39 Å². The molecule has 0 radical (unpaired) electrons. The van der Waals surface area contributed by atoms with Crippen molar-refractivity contribution in [3.8, 4) is 44.9 Å². The van der Waals surface area contributed by atoms with Crippen molar-refractivity contribution in [2.75, 3.05) is 4.90 Å². The van der Waals surface area contributed by atoms with Gasteiger partial charge in [-0.15, -0.1) is 0 Å². The second-order valence-electron chi connectivity index (χ2n) is 16.8. The molecule has 0 atom stereocenters. The van der Waals surface area contributed by atoms with Gasteiger partial charge in [-0.05, 0) is 121 Å². The van der Waals surface area contributed by atoms with Gasteiger partial charge in [-0.1, -0.05) is 175 Å². The summed E-state index contributed by atoms with van der Waals surface area (Å²) in [4.78, 5) is 5.97. The molecule has 0 saturated heterocycles. The van der Waals surface area contributed by atoms with Crippen LogP contribution in [-0.4, -0.2) is 6.71 Å². The van der Waals surface area contributed by atoms with E-state index in [1.54, 1.807) is 6.07 Å². The number of para-hydroxylation sites is 2. The Morgan fingerprint density at radius 3 is 1.71 bits per heavy atom. The lowest BCUT2D eigenvalue weighted by Crippen LogP contribution is -2.54. The first kappa shape index (κ1) is 38.9. The molecule has 0 aromatic heterocycles. The Morgan fingerprint density at radius 1 is 0.424 bits per heavy atom. The van der Waals surface area contributed by atoms with Crippen LogP contribution in [0.2, 0.25) is 0 Å². The minimum absolute atomic E-state index is 0.294. The number of rotatable bonds is 8. The van der Waals surface area contributed by atoms with Crippen molar-refractivity contribution in [2.24, 2.45) is 0 Å². The van der Waals surface area contributed by atoms with E-state index in [9.17, 15) is 0 Å². The molecule has 12 rings (SSSR count). The molecule has 0 saturated carbocycles. The maximum Gasteiger partial charge on any atom is 0.246 e. The van der Waals surface area contributed by atoms with Crippen LogP contribution in [0.1, 0.15) is 0 Å². The Kier molecular flexibility index (Phi) is 9.51. The molecule has 11 aromatic rings. The molecule has 0 unspecified atom stereocenters. The van der Waals surface area contributed by atoms with Crippen LogP contribution in [0.5, 0.6) is 11.5 Å². The smallest absolute Gasteiger partial charge is 0.246 e. The first-order valence-electron chi connectivity index (χ1n) is 22.2. The van der Waals surface area contributed by atoms with E-state index in [2.05, 4.69) is 149 Å². The molecule has 66 heavy (non-hydrogen) atoms. The van der Waals surface area contributed by atoms with E-state index in [0.717, 1.165) is 105 Å². The van der Waals surface area contributed by atoms with Crippen molar-refractivity contribution < 1.29 is 9.13 Å². The number of fused-ring (bicyclic) bond motifs is 6.